The minimum Gasteiger partial charge on any atom is -0.326 e. The number of amides is 1. The van der Waals surface area contributed by atoms with Crippen molar-refractivity contribution in [2.75, 3.05) is 18.4 Å². The Hall–Kier alpha value is -2.77. The summed E-state index contributed by atoms with van der Waals surface area (Å²) in [6.45, 7) is 4.16. The highest BCUT2D eigenvalue weighted by Crippen LogP contribution is 2.22. The van der Waals surface area contributed by atoms with Crippen LogP contribution in [0.4, 0.5) is 5.69 Å². The fourth-order valence-electron chi connectivity index (χ4n) is 3.14. The molecule has 0 atom stereocenters. The van der Waals surface area contributed by atoms with Gasteiger partial charge in [-0.15, -0.1) is 5.10 Å². The quantitative estimate of drug-likeness (QED) is 0.734. The first kappa shape index (κ1) is 17.6. The molecule has 1 aromatic heterocycles. The van der Waals surface area contributed by atoms with E-state index < -0.39 is 0 Å². The van der Waals surface area contributed by atoms with Gasteiger partial charge in [-0.2, -0.15) is 4.68 Å². The third kappa shape index (κ3) is 3.99. The Labute approximate surface area is 161 Å². The molecular formula is C19H19ClN6O. The number of aromatic nitrogens is 4. The molecule has 8 heteroatoms. The SMILES string of the molecule is Cc1nnnn1-c1cccc(NC(=O)C2CN(Cc3ccc(Cl)cc3)C2)c1. The number of nitrogens with one attached hydrogen (secondary N) is 1. The molecule has 138 valence electrons. The van der Waals surface area contributed by atoms with Crippen LogP contribution in [0.1, 0.15) is 11.4 Å². The Morgan fingerprint density at radius 2 is 2.00 bits per heavy atom. The summed E-state index contributed by atoms with van der Waals surface area (Å²) >= 11 is 5.91. The van der Waals surface area contributed by atoms with Crippen molar-refractivity contribution in [2.24, 2.45) is 5.92 Å². The van der Waals surface area contributed by atoms with Crippen LogP contribution in [0.3, 0.4) is 0 Å². The van der Waals surface area contributed by atoms with E-state index >= 15 is 0 Å². The molecule has 1 amide bonds. The molecule has 1 fully saturated rings. The van der Waals surface area contributed by atoms with E-state index in [4.69, 9.17) is 11.6 Å². The minimum atomic E-state index is -0.00395. The van der Waals surface area contributed by atoms with Crippen LogP contribution >= 0.6 is 11.6 Å². The maximum absolute atomic E-state index is 12.5. The molecular weight excluding hydrogens is 364 g/mol. The number of nitrogens with zero attached hydrogens (tertiary/aromatic N) is 5. The smallest absolute Gasteiger partial charge is 0.230 e. The summed E-state index contributed by atoms with van der Waals surface area (Å²) in [4.78, 5) is 14.7. The summed E-state index contributed by atoms with van der Waals surface area (Å²) < 4.78 is 1.63. The Balaban J connectivity index is 1.33. The number of anilines is 1. The van der Waals surface area contributed by atoms with Crippen LogP contribution in [0.5, 0.6) is 0 Å². The standard InChI is InChI=1S/C19H19ClN6O/c1-13-22-23-24-26(13)18-4-2-3-17(9-18)21-19(27)15-11-25(12-15)10-14-5-7-16(20)8-6-14/h2-9,15H,10-12H2,1H3,(H,21,27). The largest absolute Gasteiger partial charge is 0.326 e. The van der Waals surface area contributed by atoms with Gasteiger partial charge in [0.2, 0.25) is 5.91 Å². The highest BCUT2D eigenvalue weighted by molar-refractivity contribution is 6.30. The average Bonchev–Trinajstić information content (AvgIpc) is 3.05. The summed E-state index contributed by atoms with van der Waals surface area (Å²) in [5, 5.41) is 15.2. The van der Waals surface area contributed by atoms with Gasteiger partial charge in [-0.1, -0.05) is 29.8 Å². The van der Waals surface area contributed by atoms with Crippen molar-refractivity contribution >= 4 is 23.2 Å². The van der Waals surface area contributed by atoms with Crippen LogP contribution in [0, 0.1) is 12.8 Å². The average molecular weight is 383 g/mol. The number of benzene rings is 2. The monoisotopic (exact) mass is 382 g/mol. The molecule has 3 aromatic rings. The fraction of sp³-hybridized carbons (Fsp3) is 0.263. The van der Waals surface area contributed by atoms with E-state index in [0.717, 1.165) is 36.0 Å². The molecule has 4 rings (SSSR count). The number of tetrazole rings is 1. The van der Waals surface area contributed by atoms with E-state index in [1.54, 1.807) is 4.68 Å². The first-order valence-electron chi connectivity index (χ1n) is 8.71. The van der Waals surface area contributed by atoms with E-state index in [9.17, 15) is 4.79 Å². The van der Waals surface area contributed by atoms with Crippen LogP contribution in [0.25, 0.3) is 5.69 Å². The lowest BCUT2D eigenvalue weighted by Crippen LogP contribution is -2.51. The molecule has 1 aliphatic rings. The van der Waals surface area contributed by atoms with Crippen LogP contribution < -0.4 is 5.32 Å². The van der Waals surface area contributed by atoms with Gasteiger partial charge in [0.1, 0.15) is 0 Å². The highest BCUT2D eigenvalue weighted by Gasteiger charge is 2.32. The maximum atomic E-state index is 12.5. The van der Waals surface area contributed by atoms with E-state index in [1.807, 2.05) is 55.5 Å². The maximum Gasteiger partial charge on any atom is 0.230 e. The molecule has 1 saturated heterocycles. The third-order valence-corrected chi connectivity index (χ3v) is 4.88. The first-order valence-corrected chi connectivity index (χ1v) is 9.09. The summed E-state index contributed by atoms with van der Waals surface area (Å²) in [6, 6.07) is 15.3. The fourth-order valence-corrected chi connectivity index (χ4v) is 3.27. The Bertz CT molecular complexity index is 949. The van der Waals surface area contributed by atoms with Crippen molar-refractivity contribution in [3.8, 4) is 5.69 Å². The lowest BCUT2D eigenvalue weighted by atomic mass is 9.98. The molecule has 0 saturated carbocycles. The second kappa shape index (κ2) is 7.46. The summed E-state index contributed by atoms with van der Waals surface area (Å²) in [5.41, 5.74) is 2.75. The van der Waals surface area contributed by atoms with Crippen molar-refractivity contribution < 1.29 is 4.79 Å². The number of halogens is 1. The van der Waals surface area contributed by atoms with Crippen LogP contribution in [0.2, 0.25) is 5.02 Å². The topological polar surface area (TPSA) is 75.9 Å². The molecule has 2 heterocycles. The zero-order valence-corrected chi connectivity index (χ0v) is 15.6. The molecule has 7 nitrogen and oxygen atoms in total. The zero-order chi connectivity index (χ0) is 18.8. The molecule has 0 unspecified atom stereocenters. The van der Waals surface area contributed by atoms with Gasteiger partial charge >= 0.3 is 0 Å². The van der Waals surface area contributed by atoms with Gasteiger partial charge in [0.25, 0.3) is 0 Å². The Kier molecular flexibility index (Phi) is 4.87. The molecule has 1 aliphatic heterocycles. The van der Waals surface area contributed by atoms with Gasteiger partial charge in [0, 0.05) is 30.3 Å². The number of rotatable bonds is 5. The van der Waals surface area contributed by atoms with E-state index in [0.29, 0.717) is 5.82 Å². The Morgan fingerprint density at radius 3 is 2.70 bits per heavy atom. The van der Waals surface area contributed by atoms with Gasteiger partial charge in [-0.25, -0.2) is 0 Å². The van der Waals surface area contributed by atoms with Crippen molar-refractivity contribution in [3.63, 3.8) is 0 Å². The number of carbonyl (C=O) groups is 1. The normalized spacial score (nSPS) is 14.7. The molecule has 0 bridgehead atoms. The molecule has 0 radical (unpaired) electrons. The van der Waals surface area contributed by atoms with Crippen LogP contribution in [0.15, 0.2) is 48.5 Å². The number of likely N-dealkylation sites (tertiary alicyclic amines) is 1. The predicted octanol–water partition coefficient (Wildman–Crippen LogP) is 2.69. The van der Waals surface area contributed by atoms with Gasteiger partial charge < -0.3 is 5.32 Å². The lowest BCUT2D eigenvalue weighted by molar-refractivity contribution is -0.125. The van der Waals surface area contributed by atoms with E-state index in [1.165, 1.54) is 5.56 Å². The molecule has 1 N–H and O–H groups in total. The summed E-state index contributed by atoms with van der Waals surface area (Å²) in [5.74, 6) is 0.721. The molecule has 2 aromatic carbocycles. The number of hydrogen-bond acceptors (Lipinski definition) is 5. The van der Waals surface area contributed by atoms with Crippen LogP contribution in [-0.2, 0) is 11.3 Å². The van der Waals surface area contributed by atoms with Gasteiger partial charge in [-0.05, 0) is 53.2 Å². The number of carbonyl (C=O) groups excluding carboxylic acids is 1. The predicted molar refractivity (Wildman–Crippen MR) is 103 cm³/mol. The summed E-state index contributed by atoms with van der Waals surface area (Å²) in [7, 11) is 0. The van der Waals surface area contributed by atoms with Crippen molar-refractivity contribution in [1.82, 2.24) is 25.1 Å². The number of hydrogen-bond donors (Lipinski definition) is 1. The second-order valence-corrected chi connectivity index (χ2v) is 7.13. The molecule has 0 spiro atoms. The van der Waals surface area contributed by atoms with Crippen molar-refractivity contribution in [2.45, 2.75) is 13.5 Å². The Morgan fingerprint density at radius 1 is 1.22 bits per heavy atom. The third-order valence-electron chi connectivity index (χ3n) is 4.63. The second-order valence-electron chi connectivity index (χ2n) is 6.69. The zero-order valence-electron chi connectivity index (χ0n) is 14.8. The van der Waals surface area contributed by atoms with Crippen molar-refractivity contribution in [3.05, 3.63) is 64.9 Å². The van der Waals surface area contributed by atoms with Gasteiger partial charge in [0.05, 0.1) is 11.6 Å². The van der Waals surface area contributed by atoms with E-state index in [-0.39, 0.29) is 11.8 Å². The van der Waals surface area contributed by atoms with Gasteiger partial charge in [0.15, 0.2) is 5.82 Å². The molecule has 27 heavy (non-hydrogen) atoms. The highest BCUT2D eigenvalue weighted by atomic mass is 35.5. The summed E-state index contributed by atoms with van der Waals surface area (Å²) in [6.07, 6.45) is 0. The minimum absolute atomic E-state index is 0.00395. The lowest BCUT2D eigenvalue weighted by Gasteiger charge is -2.38. The van der Waals surface area contributed by atoms with Crippen molar-refractivity contribution in [1.29, 1.82) is 0 Å². The van der Waals surface area contributed by atoms with Crippen LogP contribution in [-0.4, -0.2) is 44.1 Å². The first-order chi connectivity index (χ1) is 13.1. The molecule has 0 aliphatic carbocycles. The van der Waals surface area contributed by atoms with E-state index in [2.05, 4.69) is 25.7 Å². The number of aryl methyl sites for hydroxylation is 1. The van der Waals surface area contributed by atoms with Gasteiger partial charge in [-0.3, -0.25) is 9.69 Å².